The third kappa shape index (κ3) is 1.91. The number of hydrogen-bond acceptors (Lipinski definition) is 6. The number of hydrogen-bond donors (Lipinski definition) is 4. The molecule has 3 rings (SSSR count). The standard InChI is InChI=1S/C16H24N4O3S/c1-13(7-21)5-6-14(2,16(4,23)15(13,3)22)20-9-19-10-11(20)17-8-18-12(10)24/h8-9,21-23H,5-7H2,1-4H3,(H,17,18,24). The first-order valence-corrected chi connectivity index (χ1v) is 8.39. The molecule has 0 amide bonds. The van der Waals surface area contributed by atoms with Gasteiger partial charge in [-0.1, -0.05) is 19.1 Å². The number of nitrogens with zero attached hydrogens (tertiary/aromatic N) is 3. The van der Waals surface area contributed by atoms with E-state index in [9.17, 15) is 15.3 Å². The Morgan fingerprint density at radius 1 is 1.17 bits per heavy atom. The molecule has 0 spiro atoms. The van der Waals surface area contributed by atoms with Crippen molar-refractivity contribution >= 4 is 23.4 Å². The van der Waals surface area contributed by atoms with E-state index in [0.29, 0.717) is 28.6 Å². The van der Waals surface area contributed by atoms with E-state index in [2.05, 4.69) is 15.0 Å². The molecule has 0 radical (unpaired) electrons. The summed E-state index contributed by atoms with van der Waals surface area (Å²) < 4.78 is 2.21. The molecule has 1 fully saturated rings. The average molecular weight is 352 g/mol. The van der Waals surface area contributed by atoms with Crippen LogP contribution in [0.25, 0.3) is 11.2 Å². The molecule has 4 unspecified atom stereocenters. The fraction of sp³-hybridized carbons (Fsp3) is 0.688. The van der Waals surface area contributed by atoms with Crippen LogP contribution in [0.2, 0.25) is 0 Å². The smallest absolute Gasteiger partial charge is 0.157 e. The Hall–Kier alpha value is -1.35. The summed E-state index contributed by atoms with van der Waals surface area (Å²) in [5.41, 5.74) is -3.48. The van der Waals surface area contributed by atoms with Gasteiger partial charge in [-0.3, -0.25) is 0 Å². The number of fused-ring (bicyclic) bond motifs is 1. The van der Waals surface area contributed by atoms with Gasteiger partial charge in [-0.2, -0.15) is 0 Å². The lowest BCUT2D eigenvalue weighted by atomic mass is 9.52. The van der Waals surface area contributed by atoms with Crippen LogP contribution in [-0.2, 0) is 5.54 Å². The molecule has 2 aromatic rings. The molecule has 1 aliphatic carbocycles. The molecule has 7 nitrogen and oxygen atoms in total. The van der Waals surface area contributed by atoms with E-state index in [1.165, 1.54) is 6.33 Å². The number of rotatable bonds is 2. The van der Waals surface area contributed by atoms with E-state index in [-0.39, 0.29) is 6.61 Å². The summed E-state index contributed by atoms with van der Waals surface area (Å²) in [6.07, 6.45) is 4.22. The van der Waals surface area contributed by atoms with Crippen molar-refractivity contribution in [2.75, 3.05) is 6.61 Å². The zero-order valence-corrected chi connectivity index (χ0v) is 15.2. The van der Waals surface area contributed by atoms with Crippen molar-refractivity contribution in [3.05, 3.63) is 17.3 Å². The van der Waals surface area contributed by atoms with Gasteiger partial charge in [0.2, 0.25) is 0 Å². The van der Waals surface area contributed by atoms with Gasteiger partial charge in [0.1, 0.15) is 22.4 Å². The Bertz CT molecular complexity index is 843. The molecular weight excluding hydrogens is 328 g/mol. The van der Waals surface area contributed by atoms with Crippen molar-refractivity contribution in [1.82, 2.24) is 19.5 Å². The Balaban J connectivity index is 2.23. The first kappa shape index (κ1) is 17.5. The number of nitrogens with one attached hydrogen (secondary N) is 1. The van der Waals surface area contributed by atoms with E-state index in [4.69, 9.17) is 12.2 Å². The topological polar surface area (TPSA) is 107 Å². The quantitative estimate of drug-likeness (QED) is 0.610. The van der Waals surface area contributed by atoms with Crippen LogP contribution in [0.15, 0.2) is 12.7 Å². The molecule has 1 saturated carbocycles. The van der Waals surface area contributed by atoms with Gasteiger partial charge in [-0.15, -0.1) is 0 Å². The molecular formula is C16H24N4O3S. The van der Waals surface area contributed by atoms with Crippen LogP contribution in [0.5, 0.6) is 0 Å². The molecule has 4 atom stereocenters. The highest BCUT2D eigenvalue weighted by Gasteiger charge is 2.66. The second-order valence-corrected chi connectivity index (χ2v) is 8.04. The molecule has 1 aliphatic rings. The Morgan fingerprint density at radius 2 is 1.83 bits per heavy atom. The number of aliphatic hydroxyl groups excluding tert-OH is 1. The molecule has 0 saturated heterocycles. The Morgan fingerprint density at radius 3 is 2.46 bits per heavy atom. The fourth-order valence-corrected chi connectivity index (χ4v) is 4.14. The van der Waals surface area contributed by atoms with Crippen LogP contribution in [-0.4, -0.2) is 52.6 Å². The number of aromatic amines is 1. The summed E-state index contributed by atoms with van der Waals surface area (Å²) in [5, 5.41) is 32.4. The third-order valence-corrected chi connectivity index (χ3v) is 6.87. The third-order valence-electron chi connectivity index (χ3n) is 6.57. The van der Waals surface area contributed by atoms with Gasteiger partial charge >= 0.3 is 0 Å². The first-order valence-electron chi connectivity index (χ1n) is 7.99. The van der Waals surface area contributed by atoms with Crippen LogP contribution in [0.4, 0.5) is 0 Å². The van der Waals surface area contributed by atoms with Gasteiger partial charge in [-0.25, -0.2) is 9.97 Å². The minimum Gasteiger partial charge on any atom is -0.396 e. The maximum atomic E-state index is 11.4. The van der Waals surface area contributed by atoms with Gasteiger partial charge in [0.25, 0.3) is 0 Å². The molecule has 0 bridgehead atoms. The van der Waals surface area contributed by atoms with E-state index >= 15 is 0 Å². The van der Waals surface area contributed by atoms with E-state index in [1.807, 2.05) is 11.5 Å². The highest BCUT2D eigenvalue weighted by Crippen LogP contribution is 2.56. The molecule has 132 valence electrons. The van der Waals surface area contributed by atoms with Crippen molar-refractivity contribution in [3.63, 3.8) is 0 Å². The van der Waals surface area contributed by atoms with Crippen molar-refractivity contribution in [1.29, 1.82) is 0 Å². The molecule has 2 aromatic heterocycles. The highest BCUT2D eigenvalue weighted by atomic mass is 32.1. The van der Waals surface area contributed by atoms with Gasteiger partial charge in [-0.05, 0) is 33.6 Å². The normalized spacial score (nSPS) is 40.1. The zero-order chi connectivity index (χ0) is 18.0. The van der Waals surface area contributed by atoms with Crippen LogP contribution in [0.1, 0.15) is 40.5 Å². The van der Waals surface area contributed by atoms with Gasteiger partial charge in [0.15, 0.2) is 4.64 Å². The molecule has 8 heteroatoms. The van der Waals surface area contributed by atoms with Crippen LogP contribution in [0, 0.1) is 10.1 Å². The number of aromatic nitrogens is 4. The minimum absolute atomic E-state index is 0.205. The average Bonchev–Trinajstić information content (AvgIpc) is 2.96. The largest absolute Gasteiger partial charge is 0.396 e. The maximum absolute atomic E-state index is 11.4. The lowest BCUT2D eigenvalue weighted by molar-refractivity contribution is -0.269. The summed E-state index contributed by atoms with van der Waals surface area (Å²) in [7, 11) is 0. The molecule has 0 aromatic carbocycles. The van der Waals surface area contributed by atoms with Crippen molar-refractivity contribution < 1.29 is 15.3 Å². The first-order chi connectivity index (χ1) is 11.0. The summed E-state index contributed by atoms with van der Waals surface area (Å²) in [5.74, 6) is 0. The molecule has 24 heavy (non-hydrogen) atoms. The second kappa shape index (κ2) is 5.08. The maximum Gasteiger partial charge on any atom is 0.157 e. The van der Waals surface area contributed by atoms with E-state index < -0.39 is 22.2 Å². The van der Waals surface area contributed by atoms with E-state index in [0.717, 1.165) is 0 Å². The lowest BCUT2D eigenvalue weighted by Gasteiger charge is -2.61. The summed E-state index contributed by atoms with van der Waals surface area (Å²) >= 11 is 5.21. The predicted octanol–water partition coefficient (Wildman–Crippen LogP) is 1.50. The van der Waals surface area contributed by atoms with Crippen LogP contribution < -0.4 is 0 Å². The number of aliphatic hydroxyl groups is 3. The van der Waals surface area contributed by atoms with Gasteiger partial charge < -0.3 is 24.9 Å². The lowest BCUT2D eigenvalue weighted by Crippen LogP contribution is -2.73. The highest BCUT2D eigenvalue weighted by molar-refractivity contribution is 7.71. The van der Waals surface area contributed by atoms with E-state index in [1.54, 1.807) is 27.1 Å². The van der Waals surface area contributed by atoms with Crippen LogP contribution >= 0.6 is 12.2 Å². The SMILES string of the molecule is CC1(CO)CCC(C)(n2cnc3c(=S)nc[nH]c32)C(C)(O)C1(C)O. The summed E-state index contributed by atoms with van der Waals surface area (Å²) in [6.45, 7) is 6.68. The summed E-state index contributed by atoms with van der Waals surface area (Å²) in [6, 6.07) is 0. The second-order valence-electron chi connectivity index (χ2n) is 7.66. The molecule has 2 heterocycles. The minimum atomic E-state index is -1.53. The number of imidazole rings is 1. The van der Waals surface area contributed by atoms with Crippen molar-refractivity contribution in [2.24, 2.45) is 5.41 Å². The number of H-pyrrole nitrogens is 1. The van der Waals surface area contributed by atoms with Crippen molar-refractivity contribution in [3.8, 4) is 0 Å². The zero-order valence-electron chi connectivity index (χ0n) is 14.4. The fourth-order valence-electron chi connectivity index (χ4n) is 3.94. The van der Waals surface area contributed by atoms with Gasteiger partial charge in [0.05, 0.1) is 24.8 Å². The molecule has 0 aliphatic heterocycles. The van der Waals surface area contributed by atoms with Crippen molar-refractivity contribution in [2.45, 2.75) is 57.3 Å². The van der Waals surface area contributed by atoms with Crippen LogP contribution in [0.3, 0.4) is 0 Å². The summed E-state index contributed by atoms with van der Waals surface area (Å²) in [4.78, 5) is 11.4. The molecule has 4 N–H and O–H groups in total. The predicted molar refractivity (Wildman–Crippen MR) is 92.0 cm³/mol. The van der Waals surface area contributed by atoms with Gasteiger partial charge in [0, 0.05) is 5.41 Å². The monoisotopic (exact) mass is 352 g/mol. The Labute approximate surface area is 145 Å². The Kier molecular flexibility index (Phi) is 3.69.